The van der Waals surface area contributed by atoms with Crippen LogP contribution in [0.2, 0.25) is 0 Å². The zero-order chi connectivity index (χ0) is 89.2. The summed E-state index contributed by atoms with van der Waals surface area (Å²) in [6, 6.07) is -6.93. The van der Waals surface area contributed by atoms with E-state index in [0.29, 0.717) is 12.8 Å². The van der Waals surface area contributed by atoms with Crippen molar-refractivity contribution in [2.75, 3.05) is 39.6 Å². The molecule has 0 aromatic rings. The van der Waals surface area contributed by atoms with Crippen LogP contribution in [-0.4, -0.2) is 366 Å². The van der Waals surface area contributed by atoms with Gasteiger partial charge < -0.3 is 171 Å². The highest BCUT2D eigenvalue weighted by atomic mass is 16.8. The standard InChI is InChI=1S/C79H140N4O37/c1-6-8-10-12-14-16-18-20-22-24-26-28-30-32-47(92)46(83-56(97)33-31-29-27-25-23-21-19-17-15-13-11-9-7-2)42-111-72-65(103)64(102)67(55(41-88)113-72)114-73-66(104)71(61(99)52(38-85)112-73)120-79(76(109)110)36-50(95)59(82-45(5)91)70(119-79)63(101)54(40-87)116-78(75(107)108)35-49(94)58(81-44(4)90)69(118-78)62(100)53(39-86)115-77(74(105)106)34-48(93)57(80-43(3)89)68(117-77)60(98)51(96)37-84/h46-55,57-73,84-88,92-96,98-104H,6-42H2,1-5H3,(H,80,89)(H,81,90)(H,82,91)(H,83,97)(H,105,106)(H,107,108)(H,109,110)/t46-,47+,48-,49-,50-,51+,52+,53+,54+,55+,57+,58+,59+,60+,61-,62+,63+,64+,65+,66+,67+,68?,69?,70?,71-,72+,73-,77+,78+,79-/m0/s1. The van der Waals surface area contributed by atoms with Gasteiger partial charge in [0.25, 0.3) is 17.4 Å². The molecule has 5 aliphatic heterocycles. The summed E-state index contributed by atoms with van der Waals surface area (Å²) in [6.45, 7) is -0.0206. The fourth-order valence-electron chi connectivity index (χ4n) is 16.1. The first-order valence-electron chi connectivity index (χ1n) is 42.7. The molecule has 0 saturated carbocycles. The van der Waals surface area contributed by atoms with Gasteiger partial charge >= 0.3 is 17.9 Å². The van der Waals surface area contributed by atoms with Crippen molar-refractivity contribution >= 4 is 41.5 Å². The highest BCUT2D eigenvalue weighted by Gasteiger charge is 2.64. The second kappa shape index (κ2) is 53.0. The zero-order valence-electron chi connectivity index (χ0n) is 69.6. The van der Waals surface area contributed by atoms with E-state index in [9.17, 15) is 136 Å². The third-order valence-electron chi connectivity index (χ3n) is 22.8. The molecule has 698 valence electrons. The molecule has 5 aliphatic rings. The molecule has 30 atom stereocenters. The molecule has 41 nitrogen and oxygen atoms in total. The normalized spacial score (nSPS) is 33.0. The second-order valence-corrected chi connectivity index (χ2v) is 32.5. The van der Waals surface area contributed by atoms with Crippen molar-refractivity contribution in [2.24, 2.45) is 0 Å². The van der Waals surface area contributed by atoms with Crippen LogP contribution < -0.4 is 21.3 Å². The lowest BCUT2D eigenvalue weighted by molar-refractivity contribution is -0.388. The number of nitrogens with one attached hydrogen (secondary N) is 4. The minimum Gasteiger partial charge on any atom is -0.477 e. The molecule has 0 radical (unpaired) electrons. The number of unbranched alkanes of at least 4 members (excludes halogenated alkanes) is 24. The fourth-order valence-corrected chi connectivity index (χ4v) is 16.1. The summed E-state index contributed by atoms with van der Waals surface area (Å²) >= 11 is 0. The summed E-state index contributed by atoms with van der Waals surface area (Å²) in [5.41, 5.74) is 0. The monoisotopic (exact) mass is 1740 g/mol. The molecule has 3 unspecified atom stereocenters. The number of carboxylic acid groups (broad SMARTS) is 3. The maximum Gasteiger partial charge on any atom is 0.364 e. The summed E-state index contributed by atoms with van der Waals surface area (Å²) < 4.78 is 58.2. The van der Waals surface area contributed by atoms with Crippen molar-refractivity contribution < 1.29 is 183 Å². The van der Waals surface area contributed by atoms with Gasteiger partial charge in [-0.25, -0.2) is 14.4 Å². The molecular weight excluding hydrogens is 1600 g/mol. The van der Waals surface area contributed by atoms with E-state index < -0.39 is 277 Å². The van der Waals surface area contributed by atoms with Crippen LogP contribution in [-0.2, 0) is 80.9 Å². The Hall–Kier alpha value is -4.79. The van der Waals surface area contributed by atoms with Crippen molar-refractivity contribution in [1.29, 1.82) is 0 Å². The third kappa shape index (κ3) is 30.8. The number of rotatable bonds is 58. The number of hydrogen-bond donors (Lipinski definition) is 24. The van der Waals surface area contributed by atoms with Gasteiger partial charge in [-0.1, -0.05) is 174 Å². The largest absolute Gasteiger partial charge is 0.477 e. The highest BCUT2D eigenvalue weighted by molar-refractivity contribution is 5.79. The second-order valence-electron chi connectivity index (χ2n) is 32.5. The van der Waals surface area contributed by atoms with Crippen molar-refractivity contribution in [3.63, 3.8) is 0 Å². The smallest absolute Gasteiger partial charge is 0.364 e. The zero-order valence-corrected chi connectivity index (χ0v) is 69.6. The molecule has 5 fully saturated rings. The Labute approximate surface area is 699 Å². The Morgan fingerprint density at radius 1 is 0.417 bits per heavy atom. The first-order chi connectivity index (χ1) is 57.0. The Bertz CT molecular complexity index is 3010. The molecule has 120 heavy (non-hydrogen) atoms. The number of aliphatic hydroxyl groups excluding tert-OH is 17. The molecule has 4 amide bonds. The summed E-state index contributed by atoms with van der Waals surface area (Å²) in [5.74, 6) is -20.5. The quantitative estimate of drug-likeness (QED) is 0.0269. The van der Waals surface area contributed by atoms with E-state index in [1.807, 2.05) is 0 Å². The maximum atomic E-state index is 13.8. The number of hydrogen-bond acceptors (Lipinski definition) is 34. The van der Waals surface area contributed by atoms with E-state index in [2.05, 4.69) is 35.1 Å². The van der Waals surface area contributed by atoms with E-state index in [1.54, 1.807) is 0 Å². The number of carbonyl (C=O) groups is 7. The molecule has 5 rings (SSSR count). The van der Waals surface area contributed by atoms with E-state index >= 15 is 0 Å². The van der Waals surface area contributed by atoms with E-state index in [-0.39, 0.29) is 18.7 Å². The Morgan fingerprint density at radius 3 is 1.16 bits per heavy atom. The van der Waals surface area contributed by atoms with Crippen LogP contribution in [0, 0.1) is 0 Å². The Balaban J connectivity index is 1.36. The number of carbonyl (C=O) groups excluding carboxylic acids is 4. The molecule has 5 saturated heterocycles. The number of ether oxygens (including phenoxy) is 10. The number of aliphatic hydroxyl groups is 17. The molecular formula is C79H140N4O37. The minimum atomic E-state index is -3.57. The maximum absolute atomic E-state index is 13.8. The molecule has 0 spiro atoms. The lowest BCUT2D eigenvalue weighted by Crippen LogP contribution is -2.72. The van der Waals surface area contributed by atoms with Crippen molar-refractivity contribution in [3.8, 4) is 0 Å². The highest BCUT2D eigenvalue weighted by Crippen LogP contribution is 2.43. The first-order valence-corrected chi connectivity index (χ1v) is 42.7. The molecule has 0 aromatic heterocycles. The number of carboxylic acids is 3. The fraction of sp³-hybridized carbons (Fsp3) is 0.911. The summed E-state index contributed by atoms with van der Waals surface area (Å²) in [5, 5.41) is 235. The van der Waals surface area contributed by atoms with Gasteiger partial charge in [-0.05, 0) is 12.8 Å². The average molecular weight is 1740 g/mol. The Morgan fingerprint density at radius 2 is 0.783 bits per heavy atom. The predicted octanol–water partition coefficient (Wildman–Crippen LogP) is -3.04. The summed E-state index contributed by atoms with van der Waals surface area (Å²) in [6.07, 6.45) is -26.8. The van der Waals surface area contributed by atoms with Gasteiger partial charge in [0.15, 0.2) is 12.6 Å². The van der Waals surface area contributed by atoms with Gasteiger partial charge in [0.05, 0.1) is 88.2 Å². The van der Waals surface area contributed by atoms with Gasteiger partial charge in [0.2, 0.25) is 23.6 Å². The number of aliphatic carboxylic acids is 3. The summed E-state index contributed by atoms with van der Waals surface area (Å²) in [4.78, 5) is 92.1. The predicted molar refractivity (Wildman–Crippen MR) is 415 cm³/mol. The molecule has 0 aliphatic carbocycles. The minimum absolute atomic E-state index is 0.146. The molecule has 24 N–H and O–H groups in total. The van der Waals surface area contributed by atoms with Crippen LogP contribution in [0.25, 0.3) is 0 Å². The van der Waals surface area contributed by atoms with Gasteiger partial charge in [-0.3, -0.25) is 19.2 Å². The van der Waals surface area contributed by atoms with Crippen LogP contribution >= 0.6 is 0 Å². The van der Waals surface area contributed by atoms with Crippen molar-refractivity contribution in [1.82, 2.24) is 21.3 Å². The topological polar surface area (TPSA) is 665 Å². The van der Waals surface area contributed by atoms with Crippen molar-refractivity contribution in [3.05, 3.63) is 0 Å². The average Bonchev–Trinajstić information content (AvgIpc) is 0.755. The number of amides is 4. The van der Waals surface area contributed by atoms with Crippen LogP contribution in [0.1, 0.15) is 234 Å². The van der Waals surface area contributed by atoms with Crippen LogP contribution in [0.5, 0.6) is 0 Å². The van der Waals surface area contributed by atoms with E-state index in [1.165, 1.54) is 89.9 Å². The summed E-state index contributed by atoms with van der Waals surface area (Å²) in [7, 11) is 0. The third-order valence-corrected chi connectivity index (χ3v) is 22.8. The van der Waals surface area contributed by atoms with Crippen LogP contribution in [0.15, 0.2) is 0 Å². The van der Waals surface area contributed by atoms with Crippen LogP contribution in [0.3, 0.4) is 0 Å². The van der Waals surface area contributed by atoms with E-state index in [0.717, 1.165) is 85.0 Å². The van der Waals surface area contributed by atoms with Gasteiger partial charge in [0.1, 0.15) is 104 Å². The van der Waals surface area contributed by atoms with Crippen LogP contribution in [0.4, 0.5) is 0 Å². The lowest BCUT2D eigenvalue weighted by atomic mass is 9.86. The van der Waals surface area contributed by atoms with Gasteiger partial charge in [-0.2, -0.15) is 0 Å². The molecule has 41 heteroatoms. The first kappa shape index (κ1) is 106. The molecule has 5 heterocycles. The van der Waals surface area contributed by atoms with Crippen molar-refractivity contribution in [2.45, 2.75) is 416 Å². The molecule has 0 bridgehead atoms. The SMILES string of the molecule is CCCCCCCCCCCCCCCC(=O)N[C@@H](CO[C@@H]1O[C@H](CO)[C@@H](O[C@@H]2O[C@H](CO)[C@H](O)[C@H](O[C@]3(C(=O)O)C[C@H](O)[C@@H](NC(C)=O)C([C@H](O)[C@@H](CO)O[C@]4(C(=O)O)C[C@H](O)[C@@H](NC(C)=O)C([C@H](O)[C@@H](CO)O[C@]5(C(=O)O)C[C@H](O)[C@@H](NC(C)=O)C([C@H](O)[C@H](O)CO)O5)O4)O3)[C@H]2O)[C@H](O)[C@H]1O)[C@H](O)CCCCCCCCCCCCCCC. The lowest BCUT2D eigenvalue weighted by Gasteiger charge is -2.51. The Kier molecular flexibility index (Phi) is 46.7. The van der Waals surface area contributed by atoms with Gasteiger partial charge in [-0.15, -0.1) is 0 Å². The molecule has 0 aromatic carbocycles. The van der Waals surface area contributed by atoms with Gasteiger partial charge in [0, 0.05) is 46.5 Å². The van der Waals surface area contributed by atoms with E-state index in [4.69, 9.17) is 47.4 Å².